The van der Waals surface area contributed by atoms with Gasteiger partial charge in [-0.05, 0) is 37.0 Å². The van der Waals surface area contributed by atoms with Crippen molar-refractivity contribution in [2.24, 2.45) is 13.0 Å². The molecule has 2 heterocycles. The minimum absolute atomic E-state index is 0.0231. The fourth-order valence-electron chi connectivity index (χ4n) is 3.96. The first-order valence-electron chi connectivity index (χ1n) is 10.2. The van der Waals surface area contributed by atoms with E-state index in [2.05, 4.69) is 32.5 Å². The number of nitrogens with one attached hydrogen (secondary N) is 2. The maximum Gasteiger partial charge on any atom is 0.434 e. The molecule has 1 unspecified atom stereocenters. The molecule has 1 fully saturated rings. The molecule has 3 aromatic rings. The van der Waals surface area contributed by atoms with Crippen LogP contribution in [0.4, 0.5) is 10.5 Å². The molecule has 2 aromatic heterocycles. The first-order valence-corrected chi connectivity index (χ1v) is 10.5. The number of hydrogen-bond donors (Lipinski definition) is 2. The summed E-state index contributed by atoms with van der Waals surface area (Å²) in [6.45, 7) is 2.28. The summed E-state index contributed by atoms with van der Waals surface area (Å²) in [5.41, 5.74) is 1.19. The van der Waals surface area contributed by atoms with Gasteiger partial charge >= 0.3 is 11.8 Å². The molecule has 0 aliphatic heterocycles. The van der Waals surface area contributed by atoms with Gasteiger partial charge in [-0.2, -0.15) is 5.10 Å². The normalized spacial score (nSPS) is 18.7. The Bertz CT molecular complexity index is 1120. The van der Waals surface area contributed by atoms with E-state index < -0.39 is 5.76 Å². The molecular formula is C20H24ClN7O3. The van der Waals surface area contributed by atoms with Gasteiger partial charge in [0.1, 0.15) is 12.9 Å². The van der Waals surface area contributed by atoms with E-state index in [-0.39, 0.29) is 24.5 Å². The van der Waals surface area contributed by atoms with E-state index >= 15 is 0 Å². The van der Waals surface area contributed by atoms with Gasteiger partial charge in [0, 0.05) is 24.3 Å². The summed E-state index contributed by atoms with van der Waals surface area (Å²) in [5, 5.41) is 13.8. The number of aryl methyl sites for hydroxylation is 1. The van der Waals surface area contributed by atoms with Crippen LogP contribution < -0.4 is 11.1 Å². The zero-order valence-electron chi connectivity index (χ0n) is 17.3. The zero-order valence-corrected chi connectivity index (χ0v) is 18.1. The molecule has 2 N–H and O–H groups in total. The van der Waals surface area contributed by atoms with Crippen molar-refractivity contribution in [3.8, 4) is 11.4 Å². The monoisotopic (exact) mass is 445 g/mol. The lowest BCUT2D eigenvalue weighted by atomic mass is 9.86. The Balaban J connectivity index is 1.57. The summed E-state index contributed by atoms with van der Waals surface area (Å²) in [5.74, 6) is 0.517. The smallest absolute Gasteiger partial charge is 0.391 e. The molecule has 31 heavy (non-hydrogen) atoms. The number of nitrogens with zero attached hydrogens (tertiary/aromatic N) is 5. The van der Waals surface area contributed by atoms with Crippen LogP contribution in [0.3, 0.4) is 0 Å². The van der Waals surface area contributed by atoms with E-state index in [4.69, 9.17) is 16.0 Å². The average Bonchev–Trinajstić information content (AvgIpc) is 3.35. The molecule has 10 nitrogen and oxygen atoms in total. The zero-order chi connectivity index (χ0) is 22.0. The van der Waals surface area contributed by atoms with Crippen molar-refractivity contribution in [1.29, 1.82) is 0 Å². The second kappa shape index (κ2) is 8.93. The molecule has 1 aliphatic carbocycles. The van der Waals surface area contributed by atoms with Crippen LogP contribution in [-0.4, -0.2) is 41.9 Å². The highest BCUT2D eigenvalue weighted by atomic mass is 35.5. The number of benzene rings is 1. The molecule has 2 amide bonds. The Morgan fingerprint density at radius 1 is 1.42 bits per heavy atom. The van der Waals surface area contributed by atoms with Crippen LogP contribution in [0, 0.1) is 5.92 Å². The van der Waals surface area contributed by atoms with Gasteiger partial charge in [-0.3, -0.25) is 4.68 Å². The van der Waals surface area contributed by atoms with Crippen molar-refractivity contribution >= 4 is 23.3 Å². The maximum absolute atomic E-state index is 13.3. The van der Waals surface area contributed by atoms with Gasteiger partial charge in [0.15, 0.2) is 5.82 Å². The number of hydrogen-bond acceptors (Lipinski definition) is 6. The van der Waals surface area contributed by atoms with Gasteiger partial charge in [-0.25, -0.2) is 19.7 Å². The van der Waals surface area contributed by atoms with Crippen molar-refractivity contribution in [2.45, 2.75) is 45.2 Å². The topological polar surface area (TPSA) is 122 Å². The minimum Gasteiger partial charge on any atom is -0.391 e. The van der Waals surface area contributed by atoms with Crippen molar-refractivity contribution in [2.75, 3.05) is 5.32 Å². The number of anilines is 1. The van der Waals surface area contributed by atoms with Gasteiger partial charge in [-0.15, -0.1) is 5.10 Å². The number of urea groups is 1. The van der Waals surface area contributed by atoms with Crippen LogP contribution in [0.2, 0.25) is 5.02 Å². The number of halogens is 1. The van der Waals surface area contributed by atoms with E-state index in [0.717, 1.165) is 25.7 Å². The second-order valence-electron chi connectivity index (χ2n) is 7.93. The fraction of sp³-hybridized carbons (Fsp3) is 0.450. The van der Waals surface area contributed by atoms with Crippen LogP contribution in [0.25, 0.3) is 11.4 Å². The second-order valence-corrected chi connectivity index (χ2v) is 8.33. The number of carbonyl (C=O) groups excluding carboxylic acids is 1. The summed E-state index contributed by atoms with van der Waals surface area (Å²) < 4.78 is 6.63. The standard InChI is InChI=1S/C20H24ClN7O3/c1-12-4-3-5-14(8-12)28(10-17-24-25-20(30)31-17)19(29)23-13-6-7-16(21)15(9-13)18-22-11-27(2)26-18/h6-7,9,11-12,14H,3-5,8,10H2,1-2H3,(H,23,29)(H,25,30)/t12-,14?/m1/s1. The van der Waals surface area contributed by atoms with Crippen molar-refractivity contribution in [3.63, 3.8) is 0 Å². The summed E-state index contributed by atoms with van der Waals surface area (Å²) in [6, 6.07) is 4.89. The number of aromatic amines is 1. The Morgan fingerprint density at radius 2 is 2.26 bits per heavy atom. The van der Waals surface area contributed by atoms with Crippen LogP contribution in [0.5, 0.6) is 0 Å². The number of H-pyrrole nitrogens is 1. The van der Waals surface area contributed by atoms with E-state index in [1.54, 1.807) is 41.2 Å². The van der Waals surface area contributed by atoms with Gasteiger partial charge in [0.05, 0.1) is 5.02 Å². The van der Waals surface area contributed by atoms with Gasteiger partial charge < -0.3 is 14.6 Å². The lowest BCUT2D eigenvalue weighted by Crippen LogP contribution is -2.44. The van der Waals surface area contributed by atoms with Crippen molar-refractivity contribution < 1.29 is 9.21 Å². The third kappa shape index (κ3) is 4.96. The van der Waals surface area contributed by atoms with Crippen LogP contribution in [0.1, 0.15) is 38.5 Å². The summed E-state index contributed by atoms with van der Waals surface area (Å²) in [4.78, 5) is 30.5. The maximum atomic E-state index is 13.3. The lowest BCUT2D eigenvalue weighted by Gasteiger charge is -2.35. The lowest BCUT2D eigenvalue weighted by molar-refractivity contribution is 0.139. The van der Waals surface area contributed by atoms with E-state index in [1.807, 2.05) is 0 Å². The summed E-state index contributed by atoms with van der Waals surface area (Å²) >= 11 is 6.32. The largest absolute Gasteiger partial charge is 0.434 e. The van der Waals surface area contributed by atoms with Gasteiger partial charge in [0.25, 0.3) is 0 Å². The number of rotatable bonds is 5. The molecule has 2 atom stereocenters. The van der Waals surface area contributed by atoms with E-state index in [9.17, 15) is 9.59 Å². The quantitative estimate of drug-likeness (QED) is 0.620. The fourth-order valence-corrected chi connectivity index (χ4v) is 4.16. The molecule has 1 aliphatic rings. The molecular weight excluding hydrogens is 422 g/mol. The molecule has 1 aromatic carbocycles. The third-order valence-electron chi connectivity index (χ3n) is 5.46. The highest BCUT2D eigenvalue weighted by Crippen LogP contribution is 2.30. The Hall–Kier alpha value is -3.14. The molecule has 4 rings (SSSR count). The van der Waals surface area contributed by atoms with Crippen molar-refractivity contribution in [3.05, 3.63) is 46.0 Å². The first kappa shape index (κ1) is 21.1. The van der Waals surface area contributed by atoms with Gasteiger partial charge in [-0.1, -0.05) is 31.4 Å². The van der Waals surface area contributed by atoms with Crippen LogP contribution >= 0.6 is 11.6 Å². The molecule has 0 saturated heterocycles. The highest BCUT2D eigenvalue weighted by molar-refractivity contribution is 6.33. The first-order chi connectivity index (χ1) is 14.9. The molecule has 0 radical (unpaired) electrons. The summed E-state index contributed by atoms with van der Waals surface area (Å²) in [6.07, 6.45) is 5.53. The third-order valence-corrected chi connectivity index (χ3v) is 5.79. The van der Waals surface area contributed by atoms with Crippen molar-refractivity contribution in [1.82, 2.24) is 29.9 Å². The Labute approximate surface area is 183 Å². The van der Waals surface area contributed by atoms with Gasteiger partial charge in [0.2, 0.25) is 5.89 Å². The number of amides is 2. The Morgan fingerprint density at radius 3 is 2.94 bits per heavy atom. The molecule has 1 saturated carbocycles. The highest BCUT2D eigenvalue weighted by Gasteiger charge is 2.30. The molecule has 0 bridgehead atoms. The average molecular weight is 446 g/mol. The van der Waals surface area contributed by atoms with Crippen LogP contribution in [0.15, 0.2) is 33.7 Å². The van der Waals surface area contributed by atoms with Crippen LogP contribution in [-0.2, 0) is 13.6 Å². The minimum atomic E-state index is -0.641. The predicted molar refractivity (Wildman–Crippen MR) is 115 cm³/mol. The van der Waals surface area contributed by atoms with E-state index in [1.165, 1.54) is 0 Å². The number of carbonyl (C=O) groups is 1. The molecule has 11 heteroatoms. The number of aromatic nitrogens is 5. The SMILES string of the molecule is C[C@@H]1CCCC(N(Cc2n[nH]c(=O)o2)C(=O)Nc2ccc(Cl)c(-c3ncn(C)n3)c2)C1. The summed E-state index contributed by atoms with van der Waals surface area (Å²) in [7, 11) is 1.77. The Kier molecular flexibility index (Phi) is 6.08. The molecule has 164 valence electrons. The predicted octanol–water partition coefficient (Wildman–Crippen LogP) is 3.42. The van der Waals surface area contributed by atoms with E-state index in [0.29, 0.717) is 28.0 Å². The molecule has 0 spiro atoms.